The Morgan fingerprint density at radius 1 is 1.28 bits per heavy atom. The second-order valence-corrected chi connectivity index (χ2v) is 9.87. The molecular formula is C27H27F4N5O2S. The number of amides is 1. The van der Waals surface area contributed by atoms with E-state index in [1.165, 1.54) is 24.8 Å². The van der Waals surface area contributed by atoms with Gasteiger partial charge in [-0.05, 0) is 49.1 Å². The third-order valence-corrected chi connectivity index (χ3v) is 6.95. The average molecular weight is 562 g/mol. The van der Waals surface area contributed by atoms with Crippen LogP contribution in [-0.2, 0) is 0 Å². The number of thioether (sulfide) groups is 1. The van der Waals surface area contributed by atoms with Gasteiger partial charge in [-0.15, -0.1) is 0 Å². The number of aromatic nitrogens is 1. The summed E-state index contributed by atoms with van der Waals surface area (Å²) in [4.78, 5) is 18.2. The highest BCUT2D eigenvalue weighted by molar-refractivity contribution is 8.00. The Labute approximate surface area is 227 Å². The molecule has 1 amide bonds. The van der Waals surface area contributed by atoms with Gasteiger partial charge >= 0.3 is 5.51 Å². The zero-order valence-electron chi connectivity index (χ0n) is 21.5. The molecule has 1 aliphatic heterocycles. The first-order valence-corrected chi connectivity index (χ1v) is 12.8. The number of likely N-dealkylation sites (tertiary alicyclic amines) is 1. The van der Waals surface area contributed by atoms with Gasteiger partial charge in [0, 0.05) is 38.3 Å². The number of carbonyl (C=O) groups excluding carboxylic acids is 1. The molecule has 3 heterocycles. The van der Waals surface area contributed by atoms with Gasteiger partial charge in [0.2, 0.25) is 0 Å². The lowest BCUT2D eigenvalue weighted by Crippen LogP contribution is -2.39. The predicted octanol–water partition coefficient (Wildman–Crippen LogP) is 5.13. The van der Waals surface area contributed by atoms with Crippen LogP contribution in [0, 0.1) is 11.8 Å². The maximum Gasteiger partial charge on any atom is 0.446 e. The fourth-order valence-corrected chi connectivity index (χ4v) is 4.88. The van der Waals surface area contributed by atoms with Crippen LogP contribution < -0.4 is 15.4 Å². The molecule has 1 fully saturated rings. The number of nitrogens with one attached hydrogen (secondary N) is 2. The van der Waals surface area contributed by atoms with Gasteiger partial charge in [0.25, 0.3) is 5.91 Å². The van der Waals surface area contributed by atoms with E-state index in [0.29, 0.717) is 41.5 Å². The molecule has 1 saturated heterocycles. The molecule has 4 rings (SSSR count). The average Bonchev–Trinajstić information content (AvgIpc) is 3.24. The summed E-state index contributed by atoms with van der Waals surface area (Å²) >= 11 is -0.245. The van der Waals surface area contributed by atoms with Crippen molar-refractivity contribution in [2.24, 2.45) is 4.99 Å². The molecule has 0 saturated carbocycles. The highest BCUT2D eigenvalue weighted by atomic mass is 32.2. The molecule has 0 aliphatic carbocycles. The summed E-state index contributed by atoms with van der Waals surface area (Å²) < 4.78 is 61.8. The Balaban J connectivity index is 1.63. The Kier molecular flexibility index (Phi) is 8.72. The Bertz CT molecular complexity index is 1460. The van der Waals surface area contributed by atoms with Gasteiger partial charge in [0.05, 0.1) is 41.0 Å². The van der Waals surface area contributed by atoms with Crippen molar-refractivity contribution in [1.82, 2.24) is 14.6 Å². The number of nitrogens with zero attached hydrogens (tertiary/aromatic N) is 3. The molecule has 0 radical (unpaired) electrons. The van der Waals surface area contributed by atoms with Crippen LogP contribution in [-0.4, -0.2) is 73.4 Å². The molecule has 0 bridgehead atoms. The third-order valence-electron chi connectivity index (χ3n) is 6.08. The molecule has 1 aromatic carbocycles. The maximum absolute atomic E-state index is 14.6. The van der Waals surface area contributed by atoms with E-state index < -0.39 is 11.7 Å². The lowest BCUT2D eigenvalue weighted by atomic mass is 10.1. The minimum atomic E-state index is -4.53. The fourth-order valence-electron chi connectivity index (χ4n) is 4.17. The van der Waals surface area contributed by atoms with Crippen LogP contribution in [0.1, 0.15) is 22.3 Å². The number of methoxy groups -OCH3 is 1. The Morgan fingerprint density at radius 3 is 2.77 bits per heavy atom. The smallest absolute Gasteiger partial charge is 0.446 e. The molecule has 12 heteroatoms. The zero-order valence-corrected chi connectivity index (χ0v) is 22.3. The van der Waals surface area contributed by atoms with Crippen LogP contribution in [0.5, 0.6) is 5.75 Å². The number of alkyl halides is 4. The normalized spacial score (nSPS) is 17.1. The number of benzene rings is 1. The molecule has 2 N–H and O–H groups in total. The molecule has 1 aliphatic rings. The van der Waals surface area contributed by atoms with E-state index in [2.05, 4.69) is 27.5 Å². The van der Waals surface area contributed by atoms with E-state index in [9.17, 15) is 22.4 Å². The number of aliphatic imine (C=N–C) groups is 1. The van der Waals surface area contributed by atoms with Gasteiger partial charge in [-0.3, -0.25) is 9.20 Å². The molecule has 1 atom stereocenters. The summed E-state index contributed by atoms with van der Waals surface area (Å²) in [5.74, 6) is 6.18. The molecule has 39 heavy (non-hydrogen) atoms. The van der Waals surface area contributed by atoms with E-state index in [4.69, 9.17) is 4.74 Å². The second-order valence-electron chi connectivity index (χ2n) is 8.79. The molecule has 2 aromatic heterocycles. The van der Waals surface area contributed by atoms with Crippen LogP contribution >= 0.6 is 11.8 Å². The van der Waals surface area contributed by atoms with Crippen molar-refractivity contribution in [3.63, 3.8) is 0 Å². The SMILES string of the molecule is CNC(=O)c1ccc(NCC#Cc2cn3c(/N=C4\CCN(C)C[C@@H]4F)cccc3c2SC(F)(F)F)c(OC)c1. The van der Waals surface area contributed by atoms with Crippen molar-refractivity contribution in [2.75, 3.05) is 46.2 Å². The van der Waals surface area contributed by atoms with Gasteiger partial charge in [-0.1, -0.05) is 17.9 Å². The summed E-state index contributed by atoms with van der Waals surface area (Å²) in [5, 5.41) is 5.60. The number of hydrogen-bond acceptors (Lipinski definition) is 6. The summed E-state index contributed by atoms with van der Waals surface area (Å²) in [6, 6.07) is 9.65. The first kappa shape index (κ1) is 28.3. The summed E-state index contributed by atoms with van der Waals surface area (Å²) in [5.41, 5.74) is -2.72. The van der Waals surface area contributed by atoms with E-state index in [0.717, 1.165) is 0 Å². The van der Waals surface area contributed by atoms with E-state index in [1.54, 1.807) is 36.4 Å². The largest absolute Gasteiger partial charge is 0.495 e. The second kappa shape index (κ2) is 12.0. The fraction of sp³-hybridized carbons (Fsp3) is 0.333. The van der Waals surface area contributed by atoms with Gasteiger partial charge in [-0.25, -0.2) is 9.38 Å². The van der Waals surface area contributed by atoms with E-state index in [1.807, 2.05) is 11.9 Å². The number of fused-ring (bicyclic) bond motifs is 1. The number of piperidine rings is 1. The van der Waals surface area contributed by atoms with Gasteiger partial charge < -0.3 is 20.3 Å². The molecule has 7 nitrogen and oxygen atoms in total. The molecule has 0 spiro atoms. The minimum absolute atomic E-state index is 0.0512. The van der Waals surface area contributed by atoms with Crippen LogP contribution in [0.2, 0.25) is 0 Å². The van der Waals surface area contributed by atoms with Crippen LogP contribution in [0.25, 0.3) is 5.52 Å². The van der Waals surface area contributed by atoms with Crippen LogP contribution in [0.15, 0.2) is 52.5 Å². The zero-order chi connectivity index (χ0) is 28.2. The van der Waals surface area contributed by atoms with Gasteiger partial charge in [0.1, 0.15) is 11.6 Å². The number of ether oxygens (including phenoxy) is 1. The summed E-state index contributed by atoms with van der Waals surface area (Å²) in [7, 11) is 4.81. The molecular weight excluding hydrogens is 534 g/mol. The molecule has 3 aromatic rings. The number of carbonyl (C=O) groups is 1. The Morgan fingerprint density at radius 2 is 2.08 bits per heavy atom. The van der Waals surface area contributed by atoms with Crippen LogP contribution in [0.4, 0.5) is 29.1 Å². The van der Waals surface area contributed by atoms with Crippen molar-refractivity contribution in [3.8, 4) is 17.6 Å². The Hall–Kier alpha value is -3.69. The monoisotopic (exact) mass is 561 g/mol. The maximum atomic E-state index is 14.6. The summed E-state index contributed by atoms with van der Waals surface area (Å²) in [6.07, 6.45) is 0.689. The number of halogens is 4. The number of hydrogen-bond donors (Lipinski definition) is 2. The van der Waals surface area contributed by atoms with Gasteiger partial charge in [0.15, 0.2) is 6.17 Å². The van der Waals surface area contributed by atoms with Crippen molar-refractivity contribution < 1.29 is 27.1 Å². The van der Waals surface area contributed by atoms with Crippen molar-refractivity contribution >= 4 is 40.4 Å². The third kappa shape index (κ3) is 6.85. The van der Waals surface area contributed by atoms with E-state index >= 15 is 0 Å². The van der Waals surface area contributed by atoms with Crippen molar-refractivity contribution in [2.45, 2.75) is 23.0 Å². The first-order valence-electron chi connectivity index (χ1n) is 12.0. The predicted molar refractivity (Wildman–Crippen MR) is 145 cm³/mol. The lowest BCUT2D eigenvalue weighted by Gasteiger charge is -2.26. The molecule has 206 valence electrons. The first-order chi connectivity index (χ1) is 18.6. The van der Waals surface area contributed by atoms with E-state index in [-0.39, 0.29) is 46.7 Å². The molecule has 0 unspecified atom stereocenters. The van der Waals surface area contributed by atoms with Crippen LogP contribution in [0.3, 0.4) is 0 Å². The summed E-state index contributed by atoms with van der Waals surface area (Å²) in [6.45, 7) is 0.974. The standard InChI is InChI=1S/C27H27F4N5O2S/c1-32-26(37)17-9-10-21(23(14-17)38-3)33-12-5-6-18-15-36-22(25(18)39-27(29,30)31)7-4-8-24(36)34-20-11-13-35(2)16-19(20)28/h4,7-10,14-15,19,33H,11-13,16H2,1-3H3,(H,32,37)/b34-20+/t19-/m0/s1. The highest BCUT2D eigenvalue weighted by Gasteiger charge is 2.32. The quantitative estimate of drug-likeness (QED) is 0.248. The topological polar surface area (TPSA) is 70.4 Å². The lowest BCUT2D eigenvalue weighted by molar-refractivity contribution is -0.0327. The number of rotatable bonds is 6. The van der Waals surface area contributed by atoms with Crippen molar-refractivity contribution in [1.29, 1.82) is 0 Å². The number of pyridine rings is 1. The highest BCUT2D eigenvalue weighted by Crippen LogP contribution is 2.42. The van der Waals surface area contributed by atoms with Crippen molar-refractivity contribution in [3.05, 3.63) is 53.7 Å². The number of anilines is 1. The van der Waals surface area contributed by atoms with Gasteiger partial charge in [-0.2, -0.15) is 13.2 Å². The minimum Gasteiger partial charge on any atom is -0.495 e.